The molecule has 1 atom stereocenters. The summed E-state index contributed by atoms with van der Waals surface area (Å²) in [6, 6.07) is 9.88. The summed E-state index contributed by atoms with van der Waals surface area (Å²) in [7, 11) is 0. The Morgan fingerprint density at radius 2 is 2.16 bits per heavy atom. The molecule has 0 aliphatic carbocycles. The minimum atomic E-state index is -0.296. The monoisotopic (exact) mass is 258 g/mol. The van der Waals surface area contributed by atoms with Gasteiger partial charge in [-0.3, -0.25) is 0 Å². The molecule has 0 amide bonds. The average molecular weight is 258 g/mol. The van der Waals surface area contributed by atoms with E-state index in [1.165, 1.54) is 0 Å². The van der Waals surface area contributed by atoms with E-state index in [1.54, 1.807) is 13.0 Å². The molecule has 0 aromatic heterocycles. The molecule has 0 fully saturated rings. The summed E-state index contributed by atoms with van der Waals surface area (Å²) in [5.74, 6) is 0.505. The van der Waals surface area contributed by atoms with Gasteiger partial charge in [0.1, 0.15) is 5.76 Å². The summed E-state index contributed by atoms with van der Waals surface area (Å²) < 4.78 is 10.7. The number of rotatable bonds is 3. The molecule has 0 radical (unpaired) electrons. The number of hydrogen-bond acceptors (Lipinski definition) is 3. The van der Waals surface area contributed by atoms with E-state index < -0.39 is 0 Å². The summed E-state index contributed by atoms with van der Waals surface area (Å²) in [5, 5.41) is 0. The molecule has 0 spiro atoms. The highest BCUT2D eigenvalue weighted by Gasteiger charge is 2.17. The van der Waals surface area contributed by atoms with Gasteiger partial charge >= 0.3 is 5.97 Å². The molecule has 1 aliphatic rings. The summed E-state index contributed by atoms with van der Waals surface area (Å²) >= 11 is 0. The van der Waals surface area contributed by atoms with Gasteiger partial charge in [0.25, 0.3) is 0 Å². The van der Waals surface area contributed by atoms with E-state index in [9.17, 15) is 4.79 Å². The standard InChI is InChI=1S/C16H18O3/c1-3-18-16(17)11-13-9-12(2)19-15(10-13)14-7-5-4-6-8-14/h4-8,10-12H,3,9H2,1-2H3/b13-11-. The van der Waals surface area contributed by atoms with Crippen molar-refractivity contribution in [2.24, 2.45) is 0 Å². The van der Waals surface area contributed by atoms with E-state index in [1.807, 2.05) is 43.3 Å². The highest BCUT2D eigenvalue weighted by Crippen LogP contribution is 2.28. The largest absolute Gasteiger partial charge is 0.490 e. The number of carbonyl (C=O) groups excluding carboxylic acids is 1. The molecule has 19 heavy (non-hydrogen) atoms. The Morgan fingerprint density at radius 3 is 2.84 bits per heavy atom. The van der Waals surface area contributed by atoms with Crippen LogP contribution in [0.1, 0.15) is 25.8 Å². The molecular formula is C16H18O3. The molecule has 1 unspecified atom stereocenters. The minimum absolute atomic E-state index is 0.0564. The molecule has 1 aliphatic heterocycles. The summed E-state index contributed by atoms with van der Waals surface area (Å²) in [5.41, 5.74) is 1.96. The average Bonchev–Trinajstić information content (AvgIpc) is 2.39. The van der Waals surface area contributed by atoms with Gasteiger partial charge < -0.3 is 9.47 Å². The lowest BCUT2D eigenvalue weighted by atomic mass is 10.0. The Morgan fingerprint density at radius 1 is 1.42 bits per heavy atom. The Labute approximate surface area is 113 Å². The van der Waals surface area contributed by atoms with Gasteiger partial charge in [0, 0.05) is 18.1 Å². The third-order valence-corrected chi connectivity index (χ3v) is 2.82. The van der Waals surface area contributed by atoms with E-state index in [4.69, 9.17) is 9.47 Å². The van der Waals surface area contributed by atoms with Crippen molar-refractivity contribution in [3.05, 3.63) is 53.6 Å². The summed E-state index contributed by atoms with van der Waals surface area (Å²) in [6.45, 7) is 4.19. The zero-order chi connectivity index (χ0) is 13.7. The maximum atomic E-state index is 11.5. The number of hydrogen-bond donors (Lipinski definition) is 0. The Kier molecular flexibility index (Phi) is 4.39. The molecule has 0 N–H and O–H groups in total. The van der Waals surface area contributed by atoms with Crippen LogP contribution in [0.4, 0.5) is 0 Å². The van der Waals surface area contributed by atoms with Crippen LogP contribution in [-0.2, 0) is 14.3 Å². The van der Waals surface area contributed by atoms with E-state index in [2.05, 4.69) is 0 Å². The van der Waals surface area contributed by atoms with Crippen molar-refractivity contribution in [1.29, 1.82) is 0 Å². The van der Waals surface area contributed by atoms with Gasteiger partial charge in [-0.2, -0.15) is 0 Å². The zero-order valence-corrected chi connectivity index (χ0v) is 11.3. The summed E-state index contributed by atoms with van der Waals surface area (Å²) in [4.78, 5) is 11.5. The fourth-order valence-corrected chi connectivity index (χ4v) is 2.04. The van der Waals surface area contributed by atoms with Crippen LogP contribution in [0.15, 0.2) is 48.1 Å². The van der Waals surface area contributed by atoms with Crippen LogP contribution in [0.3, 0.4) is 0 Å². The Hall–Kier alpha value is -2.03. The SMILES string of the molecule is CCOC(=O)/C=C1\C=C(c2ccccc2)OC(C)C1. The fraction of sp³-hybridized carbons (Fsp3) is 0.312. The van der Waals surface area contributed by atoms with Gasteiger partial charge in [0.05, 0.1) is 12.7 Å². The smallest absolute Gasteiger partial charge is 0.331 e. The van der Waals surface area contributed by atoms with Crippen LogP contribution in [-0.4, -0.2) is 18.7 Å². The highest BCUT2D eigenvalue weighted by molar-refractivity contribution is 5.84. The molecule has 0 saturated heterocycles. The van der Waals surface area contributed by atoms with Crippen molar-refractivity contribution in [1.82, 2.24) is 0 Å². The van der Waals surface area contributed by atoms with Crippen molar-refractivity contribution in [2.45, 2.75) is 26.4 Å². The lowest BCUT2D eigenvalue weighted by molar-refractivity contribution is -0.137. The van der Waals surface area contributed by atoms with Crippen molar-refractivity contribution >= 4 is 11.7 Å². The fourth-order valence-electron chi connectivity index (χ4n) is 2.04. The quantitative estimate of drug-likeness (QED) is 0.616. The second-order valence-electron chi connectivity index (χ2n) is 4.48. The molecule has 1 heterocycles. The molecule has 0 saturated carbocycles. The predicted octanol–water partition coefficient (Wildman–Crippen LogP) is 3.33. The normalized spacial score (nSPS) is 20.6. The Bertz CT molecular complexity index is 500. The molecule has 1 aromatic rings. The third-order valence-electron chi connectivity index (χ3n) is 2.82. The van der Waals surface area contributed by atoms with Gasteiger partial charge in [-0.25, -0.2) is 4.79 Å². The predicted molar refractivity (Wildman–Crippen MR) is 74.3 cm³/mol. The molecule has 0 bridgehead atoms. The van der Waals surface area contributed by atoms with E-state index in [-0.39, 0.29) is 12.1 Å². The first-order valence-electron chi connectivity index (χ1n) is 6.50. The molecule has 3 nitrogen and oxygen atoms in total. The van der Waals surface area contributed by atoms with Crippen molar-refractivity contribution in [3.63, 3.8) is 0 Å². The highest BCUT2D eigenvalue weighted by atomic mass is 16.5. The lowest BCUT2D eigenvalue weighted by Gasteiger charge is -2.23. The maximum Gasteiger partial charge on any atom is 0.331 e. The van der Waals surface area contributed by atoms with Crippen LogP contribution < -0.4 is 0 Å². The van der Waals surface area contributed by atoms with E-state index in [0.717, 1.165) is 23.3 Å². The third kappa shape index (κ3) is 3.71. The van der Waals surface area contributed by atoms with Gasteiger partial charge in [-0.05, 0) is 25.5 Å². The van der Waals surface area contributed by atoms with Crippen LogP contribution in [0, 0.1) is 0 Å². The number of allylic oxidation sites excluding steroid dienone is 1. The molecule has 3 heteroatoms. The van der Waals surface area contributed by atoms with Crippen LogP contribution in [0.2, 0.25) is 0 Å². The first kappa shape index (κ1) is 13.4. The van der Waals surface area contributed by atoms with E-state index in [0.29, 0.717) is 6.61 Å². The Balaban J connectivity index is 2.24. The number of carbonyl (C=O) groups is 1. The van der Waals surface area contributed by atoms with Gasteiger partial charge in [-0.15, -0.1) is 0 Å². The van der Waals surface area contributed by atoms with E-state index >= 15 is 0 Å². The van der Waals surface area contributed by atoms with Crippen molar-refractivity contribution in [3.8, 4) is 0 Å². The molecular weight excluding hydrogens is 240 g/mol. The molecule has 2 rings (SSSR count). The number of benzene rings is 1. The first-order valence-corrected chi connectivity index (χ1v) is 6.50. The van der Waals surface area contributed by atoms with Crippen LogP contribution in [0.25, 0.3) is 5.76 Å². The first-order chi connectivity index (χ1) is 9.19. The summed E-state index contributed by atoms with van der Waals surface area (Å²) in [6.07, 6.45) is 4.23. The second-order valence-corrected chi connectivity index (χ2v) is 4.48. The number of esters is 1. The van der Waals surface area contributed by atoms with Crippen molar-refractivity contribution in [2.75, 3.05) is 6.61 Å². The zero-order valence-electron chi connectivity index (χ0n) is 11.3. The minimum Gasteiger partial charge on any atom is -0.490 e. The van der Waals surface area contributed by atoms with Gasteiger partial charge in [0.2, 0.25) is 0 Å². The maximum absolute atomic E-state index is 11.5. The van der Waals surface area contributed by atoms with Gasteiger partial charge in [0.15, 0.2) is 0 Å². The van der Waals surface area contributed by atoms with Crippen LogP contribution in [0.5, 0.6) is 0 Å². The molecule has 100 valence electrons. The topological polar surface area (TPSA) is 35.5 Å². The van der Waals surface area contributed by atoms with Crippen molar-refractivity contribution < 1.29 is 14.3 Å². The number of ether oxygens (including phenoxy) is 2. The second kappa shape index (κ2) is 6.23. The lowest BCUT2D eigenvalue weighted by Crippen LogP contribution is -2.14. The van der Waals surface area contributed by atoms with Crippen LogP contribution >= 0.6 is 0 Å². The van der Waals surface area contributed by atoms with Gasteiger partial charge in [-0.1, -0.05) is 30.3 Å². The molecule has 1 aromatic carbocycles.